The monoisotopic (exact) mass is 606 g/mol. The maximum Gasteiger partial charge on any atom is 0.275 e. The van der Waals surface area contributed by atoms with Crippen LogP contribution in [0.2, 0.25) is 5.02 Å². The number of nitrogens with zero attached hydrogens (tertiary/aromatic N) is 3. The number of anilines is 1. The van der Waals surface area contributed by atoms with E-state index in [1.165, 1.54) is 30.4 Å². The van der Waals surface area contributed by atoms with Crippen LogP contribution in [0.1, 0.15) is 38.5 Å². The van der Waals surface area contributed by atoms with Crippen LogP contribution in [0.15, 0.2) is 96.1 Å². The molecular formula is C33H23ClN4O6. The molecule has 10 nitrogen and oxygen atoms in total. The number of carbonyl (C=O) groups excluding carboxylic acids is 3. The second-order valence-electron chi connectivity index (χ2n) is 10.8. The van der Waals surface area contributed by atoms with Gasteiger partial charge in [0.1, 0.15) is 5.75 Å². The zero-order valence-electron chi connectivity index (χ0n) is 23.1. The normalized spacial score (nSPS) is 22.9. The smallest absolute Gasteiger partial charge is 0.275 e. The second-order valence-corrected chi connectivity index (χ2v) is 11.2. The summed E-state index contributed by atoms with van der Waals surface area (Å²) in [5, 5.41) is 16.0. The van der Waals surface area contributed by atoms with Crippen molar-refractivity contribution in [1.29, 1.82) is 0 Å². The Labute approximate surface area is 256 Å². The maximum atomic E-state index is 14.4. The first-order valence-electron chi connectivity index (χ1n) is 13.8. The zero-order chi connectivity index (χ0) is 30.7. The first kappa shape index (κ1) is 27.5. The van der Waals surface area contributed by atoms with Crippen molar-refractivity contribution in [2.75, 3.05) is 12.0 Å². The van der Waals surface area contributed by atoms with Crippen LogP contribution in [-0.2, 0) is 15.0 Å². The van der Waals surface area contributed by atoms with Crippen molar-refractivity contribution >= 4 is 46.9 Å². The van der Waals surface area contributed by atoms with Crippen molar-refractivity contribution in [2.45, 2.75) is 11.3 Å². The molecule has 4 aromatic rings. The van der Waals surface area contributed by atoms with Crippen molar-refractivity contribution < 1.29 is 24.0 Å². The Balaban J connectivity index is 1.38. The molecule has 218 valence electrons. The Morgan fingerprint density at radius 1 is 0.977 bits per heavy atom. The van der Waals surface area contributed by atoms with E-state index in [0.717, 1.165) is 28.3 Å². The Kier molecular flexibility index (Phi) is 6.33. The predicted molar refractivity (Wildman–Crippen MR) is 162 cm³/mol. The SMILES string of the molecule is COc1ccc([N+](=O)[O-])cc1C(=O)N/N=C\C12c3ccccc3C(c3ccccc31)[C@H]1C(=O)N(c3ccccc3Cl)C(=O)[C@@H]12. The number of ether oxygens (including phenoxy) is 1. The highest BCUT2D eigenvalue weighted by molar-refractivity contribution is 6.36. The molecule has 0 saturated carbocycles. The molecule has 0 radical (unpaired) electrons. The van der Waals surface area contributed by atoms with Crippen molar-refractivity contribution in [3.63, 3.8) is 0 Å². The van der Waals surface area contributed by atoms with Crippen LogP contribution in [0, 0.1) is 22.0 Å². The molecule has 44 heavy (non-hydrogen) atoms. The number of para-hydroxylation sites is 1. The summed E-state index contributed by atoms with van der Waals surface area (Å²) in [6, 6.07) is 25.7. The van der Waals surface area contributed by atoms with Crippen molar-refractivity contribution in [1.82, 2.24) is 5.43 Å². The van der Waals surface area contributed by atoms with Gasteiger partial charge in [-0.2, -0.15) is 5.10 Å². The highest BCUT2D eigenvalue weighted by Gasteiger charge is 2.68. The lowest BCUT2D eigenvalue weighted by atomic mass is 9.47. The van der Waals surface area contributed by atoms with Gasteiger partial charge in [-0.15, -0.1) is 0 Å². The van der Waals surface area contributed by atoms with Crippen LogP contribution in [0.4, 0.5) is 11.4 Å². The van der Waals surface area contributed by atoms with Gasteiger partial charge in [0.25, 0.3) is 11.6 Å². The number of carbonyl (C=O) groups is 3. The molecule has 11 heteroatoms. The van der Waals surface area contributed by atoms with E-state index >= 15 is 0 Å². The fraction of sp³-hybridized carbons (Fsp3) is 0.152. The fourth-order valence-corrected chi connectivity index (χ4v) is 7.38. The molecule has 8 rings (SSSR count). The molecule has 2 bridgehead atoms. The van der Waals surface area contributed by atoms with Gasteiger partial charge in [-0.05, 0) is 40.5 Å². The van der Waals surface area contributed by atoms with Gasteiger partial charge in [0.2, 0.25) is 11.8 Å². The molecule has 1 N–H and O–H groups in total. The number of hydrogen-bond donors (Lipinski definition) is 1. The minimum Gasteiger partial charge on any atom is -0.496 e. The van der Waals surface area contributed by atoms with Gasteiger partial charge >= 0.3 is 0 Å². The molecule has 3 aliphatic carbocycles. The van der Waals surface area contributed by atoms with E-state index in [2.05, 4.69) is 10.5 Å². The minimum atomic E-state index is -1.23. The minimum absolute atomic E-state index is 0.0839. The standard InChI is InChI=1S/C33H23ClN4O6/c1-44-26-15-14-18(38(42)43)16-21(26)30(39)36-35-17-33-22-10-4-2-8-19(22)27(20-9-3-5-11-23(20)33)28-29(33)32(41)37(31(28)40)25-13-7-6-12-24(25)34/h2-17,27-29H,1H3,(H,36,39)/b35-17-/t27?,28-,29-,33?/m1/s1. The molecule has 0 aromatic heterocycles. The van der Waals surface area contributed by atoms with Crippen LogP contribution in [-0.4, -0.2) is 36.0 Å². The summed E-state index contributed by atoms with van der Waals surface area (Å²) >= 11 is 6.49. The average Bonchev–Trinajstić information content (AvgIpc) is 3.31. The van der Waals surface area contributed by atoms with Crippen LogP contribution in [0.5, 0.6) is 5.75 Å². The van der Waals surface area contributed by atoms with E-state index in [-0.39, 0.29) is 33.8 Å². The van der Waals surface area contributed by atoms with Crippen molar-refractivity contribution in [3.8, 4) is 5.75 Å². The number of nitrogens with one attached hydrogen (secondary N) is 1. The Morgan fingerprint density at radius 2 is 1.61 bits per heavy atom. The summed E-state index contributed by atoms with van der Waals surface area (Å²) in [5.41, 5.74) is 4.59. The third-order valence-electron chi connectivity index (χ3n) is 8.85. The van der Waals surface area contributed by atoms with Gasteiger partial charge in [-0.3, -0.25) is 24.5 Å². The van der Waals surface area contributed by atoms with Crippen molar-refractivity contribution in [2.24, 2.45) is 16.9 Å². The van der Waals surface area contributed by atoms with E-state index in [4.69, 9.17) is 16.3 Å². The lowest BCUT2D eigenvalue weighted by Gasteiger charge is -2.52. The van der Waals surface area contributed by atoms with E-state index in [1.54, 1.807) is 24.3 Å². The molecule has 1 aliphatic heterocycles. The molecule has 2 atom stereocenters. The summed E-state index contributed by atoms with van der Waals surface area (Å²) in [7, 11) is 1.35. The average molecular weight is 607 g/mol. The molecule has 4 aliphatic rings. The summed E-state index contributed by atoms with van der Waals surface area (Å²) in [6.45, 7) is 0. The summed E-state index contributed by atoms with van der Waals surface area (Å²) in [6.07, 6.45) is 1.51. The molecule has 0 spiro atoms. The number of hydrazone groups is 1. The molecule has 4 aromatic carbocycles. The molecule has 3 amide bonds. The molecular weight excluding hydrogens is 584 g/mol. The van der Waals surface area contributed by atoms with E-state index in [0.29, 0.717) is 5.69 Å². The van der Waals surface area contributed by atoms with Gasteiger partial charge in [-0.1, -0.05) is 72.3 Å². The molecule has 1 heterocycles. The lowest BCUT2D eigenvalue weighted by molar-refractivity contribution is -0.384. The summed E-state index contributed by atoms with van der Waals surface area (Å²) in [4.78, 5) is 53.9. The van der Waals surface area contributed by atoms with Gasteiger partial charge < -0.3 is 4.74 Å². The number of nitro groups is 1. The number of hydrogen-bond acceptors (Lipinski definition) is 7. The molecule has 0 unspecified atom stereocenters. The van der Waals surface area contributed by atoms with Crippen molar-refractivity contribution in [3.05, 3.63) is 134 Å². The lowest BCUT2D eigenvalue weighted by Crippen LogP contribution is -2.54. The third kappa shape index (κ3) is 3.74. The first-order chi connectivity index (χ1) is 21.3. The van der Waals surface area contributed by atoms with Crippen LogP contribution in [0.3, 0.4) is 0 Å². The number of rotatable bonds is 6. The number of benzene rings is 4. The topological polar surface area (TPSA) is 131 Å². The number of halogens is 1. The van der Waals surface area contributed by atoms with Gasteiger partial charge in [-0.25, -0.2) is 10.3 Å². The summed E-state index contributed by atoms with van der Waals surface area (Å²) in [5.74, 6) is -3.40. The second kappa shape index (κ2) is 10.1. The van der Waals surface area contributed by atoms with Gasteiger partial charge in [0.05, 0.1) is 45.6 Å². The van der Waals surface area contributed by atoms with Crippen LogP contribution in [0.25, 0.3) is 0 Å². The maximum absolute atomic E-state index is 14.4. The highest BCUT2D eigenvalue weighted by atomic mass is 35.5. The van der Waals surface area contributed by atoms with E-state index in [1.807, 2.05) is 48.5 Å². The first-order valence-corrected chi connectivity index (χ1v) is 14.2. The van der Waals surface area contributed by atoms with Crippen LogP contribution < -0.4 is 15.1 Å². The van der Waals surface area contributed by atoms with E-state index < -0.39 is 34.0 Å². The molecule has 1 saturated heterocycles. The number of imide groups is 1. The number of methoxy groups -OCH3 is 1. The largest absolute Gasteiger partial charge is 0.496 e. The number of nitro benzene ring substituents is 1. The van der Waals surface area contributed by atoms with Gasteiger partial charge in [0, 0.05) is 24.3 Å². The number of non-ortho nitro benzene ring substituents is 1. The third-order valence-corrected chi connectivity index (χ3v) is 9.17. The van der Waals surface area contributed by atoms with Gasteiger partial charge in [0.15, 0.2) is 0 Å². The molecule has 1 fully saturated rings. The number of amides is 3. The highest BCUT2D eigenvalue weighted by Crippen LogP contribution is 2.63. The Hall–Kier alpha value is -5.35. The summed E-state index contributed by atoms with van der Waals surface area (Å²) < 4.78 is 5.25. The quantitative estimate of drug-likeness (QED) is 0.138. The Morgan fingerprint density at radius 3 is 2.25 bits per heavy atom. The Bertz CT molecular complexity index is 1890. The predicted octanol–water partition coefficient (Wildman–Crippen LogP) is 5.22. The fourth-order valence-electron chi connectivity index (χ4n) is 7.16. The zero-order valence-corrected chi connectivity index (χ0v) is 23.9. The van der Waals surface area contributed by atoms with E-state index in [9.17, 15) is 24.5 Å². The van der Waals surface area contributed by atoms with Crippen LogP contribution >= 0.6 is 11.6 Å².